The van der Waals surface area contributed by atoms with Crippen LogP contribution in [0.5, 0.6) is 0 Å². The molecular weight excluding hydrogens is 349 g/mol. The number of halogens is 3. The molecule has 1 fully saturated rings. The summed E-state index contributed by atoms with van der Waals surface area (Å²) in [6.45, 7) is 2.42. The SMILES string of the molecule is CCCN(CC(=O)O)CC(=O)N(Cc1ccc(C(F)(F)F)cc1)C1CC1. The average Bonchev–Trinajstić information content (AvgIpc) is 3.36. The Hall–Kier alpha value is -2.09. The van der Waals surface area contributed by atoms with Gasteiger partial charge in [-0.05, 0) is 43.5 Å². The molecular formula is C18H23F3N2O3. The highest BCUT2D eigenvalue weighted by atomic mass is 19.4. The fourth-order valence-corrected chi connectivity index (χ4v) is 2.81. The first-order valence-corrected chi connectivity index (χ1v) is 8.60. The summed E-state index contributed by atoms with van der Waals surface area (Å²) in [7, 11) is 0. The van der Waals surface area contributed by atoms with Crippen LogP contribution < -0.4 is 0 Å². The highest BCUT2D eigenvalue weighted by molar-refractivity contribution is 5.80. The Morgan fingerprint density at radius 3 is 2.23 bits per heavy atom. The zero-order valence-corrected chi connectivity index (χ0v) is 14.6. The van der Waals surface area contributed by atoms with Crippen molar-refractivity contribution in [3.8, 4) is 0 Å². The quantitative estimate of drug-likeness (QED) is 0.724. The molecule has 0 spiro atoms. The van der Waals surface area contributed by atoms with Gasteiger partial charge in [0, 0.05) is 12.6 Å². The molecule has 1 saturated carbocycles. The maximum Gasteiger partial charge on any atom is 0.416 e. The molecule has 0 aromatic heterocycles. The van der Waals surface area contributed by atoms with Crippen LogP contribution in [0.2, 0.25) is 0 Å². The Morgan fingerprint density at radius 1 is 1.15 bits per heavy atom. The van der Waals surface area contributed by atoms with Gasteiger partial charge in [0.05, 0.1) is 18.7 Å². The molecule has 0 aliphatic heterocycles. The van der Waals surface area contributed by atoms with E-state index in [1.807, 2.05) is 6.92 Å². The first-order chi connectivity index (χ1) is 12.2. The molecule has 1 aromatic rings. The minimum absolute atomic E-state index is 0.00270. The van der Waals surface area contributed by atoms with E-state index in [9.17, 15) is 22.8 Å². The molecule has 1 N–H and O–H groups in total. The number of carbonyl (C=O) groups is 2. The van der Waals surface area contributed by atoms with Crippen molar-refractivity contribution in [1.29, 1.82) is 0 Å². The number of aliphatic carboxylic acids is 1. The van der Waals surface area contributed by atoms with E-state index in [2.05, 4.69) is 0 Å². The number of nitrogens with zero attached hydrogens (tertiary/aromatic N) is 2. The molecule has 0 unspecified atom stereocenters. The normalized spacial score (nSPS) is 14.5. The van der Waals surface area contributed by atoms with Crippen molar-refractivity contribution in [3.63, 3.8) is 0 Å². The van der Waals surface area contributed by atoms with E-state index >= 15 is 0 Å². The summed E-state index contributed by atoms with van der Waals surface area (Å²) in [4.78, 5) is 26.8. The Morgan fingerprint density at radius 2 is 1.77 bits per heavy atom. The van der Waals surface area contributed by atoms with Crippen molar-refractivity contribution < 1.29 is 27.9 Å². The second-order valence-corrected chi connectivity index (χ2v) is 6.55. The van der Waals surface area contributed by atoms with E-state index in [4.69, 9.17) is 5.11 Å². The number of carboxylic acids is 1. The molecule has 0 atom stereocenters. The molecule has 0 radical (unpaired) electrons. The van der Waals surface area contributed by atoms with Crippen molar-refractivity contribution >= 4 is 11.9 Å². The van der Waals surface area contributed by atoms with Crippen molar-refractivity contribution in [2.45, 2.75) is 44.9 Å². The average molecular weight is 372 g/mol. The second-order valence-electron chi connectivity index (χ2n) is 6.55. The van der Waals surface area contributed by atoms with E-state index in [-0.39, 0.29) is 31.6 Å². The van der Waals surface area contributed by atoms with Crippen LogP contribution in [0.3, 0.4) is 0 Å². The number of carbonyl (C=O) groups excluding carboxylic acids is 1. The smallest absolute Gasteiger partial charge is 0.416 e. The molecule has 144 valence electrons. The number of alkyl halides is 3. The third kappa shape index (κ3) is 6.01. The Kier molecular flexibility index (Phi) is 6.63. The first-order valence-electron chi connectivity index (χ1n) is 8.60. The summed E-state index contributed by atoms with van der Waals surface area (Å²) in [6, 6.07) is 4.87. The lowest BCUT2D eigenvalue weighted by Crippen LogP contribution is -2.43. The lowest BCUT2D eigenvalue weighted by molar-refractivity contribution is -0.140. The van der Waals surface area contributed by atoms with Crippen LogP contribution in [0.25, 0.3) is 0 Å². The summed E-state index contributed by atoms with van der Waals surface area (Å²) in [5.74, 6) is -1.19. The topological polar surface area (TPSA) is 60.9 Å². The second kappa shape index (κ2) is 8.53. The molecule has 26 heavy (non-hydrogen) atoms. The Balaban J connectivity index is 2.03. The zero-order valence-electron chi connectivity index (χ0n) is 14.6. The van der Waals surface area contributed by atoms with Gasteiger partial charge in [-0.15, -0.1) is 0 Å². The Bertz CT molecular complexity index is 628. The number of benzene rings is 1. The van der Waals surface area contributed by atoms with Crippen LogP contribution >= 0.6 is 0 Å². The third-order valence-corrected chi connectivity index (χ3v) is 4.20. The maximum atomic E-state index is 12.7. The van der Waals surface area contributed by atoms with Crippen LogP contribution in [0.4, 0.5) is 13.2 Å². The minimum atomic E-state index is -4.39. The standard InChI is InChI=1S/C18H23F3N2O3/c1-2-9-22(12-17(25)26)11-16(24)23(15-7-8-15)10-13-3-5-14(6-4-13)18(19,20)21/h3-6,15H,2,7-12H2,1H3,(H,25,26). The first kappa shape index (κ1) is 20.2. The number of carboxylic acid groups (broad SMARTS) is 1. The van der Waals surface area contributed by atoms with Crippen LogP contribution in [0.1, 0.15) is 37.3 Å². The van der Waals surface area contributed by atoms with Crippen LogP contribution in [-0.4, -0.2) is 52.5 Å². The van der Waals surface area contributed by atoms with E-state index in [0.29, 0.717) is 12.1 Å². The predicted octanol–water partition coefficient (Wildman–Crippen LogP) is 2.99. The predicted molar refractivity (Wildman–Crippen MR) is 89.4 cm³/mol. The monoisotopic (exact) mass is 372 g/mol. The largest absolute Gasteiger partial charge is 0.480 e. The summed E-state index contributed by atoms with van der Waals surface area (Å²) in [6.07, 6.45) is -1.94. The zero-order chi connectivity index (χ0) is 19.3. The minimum Gasteiger partial charge on any atom is -0.480 e. The van der Waals surface area contributed by atoms with Gasteiger partial charge >= 0.3 is 12.1 Å². The van der Waals surface area contributed by atoms with Gasteiger partial charge in [-0.1, -0.05) is 19.1 Å². The van der Waals surface area contributed by atoms with E-state index < -0.39 is 17.7 Å². The van der Waals surface area contributed by atoms with Gasteiger partial charge in [0.2, 0.25) is 5.91 Å². The molecule has 8 heteroatoms. The van der Waals surface area contributed by atoms with Crippen LogP contribution in [0.15, 0.2) is 24.3 Å². The number of amides is 1. The van der Waals surface area contributed by atoms with E-state index in [0.717, 1.165) is 31.4 Å². The number of rotatable bonds is 9. The van der Waals surface area contributed by atoms with Gasteiger partial charge in [0.25, 0.3) is 0 Å². The lowest BCUT2D eigenvalue weighted by atomic mass is 10.1. The van der Waals surface area contributed by atoms with E-state index in [1.54, 1.807) is 9.80 Å². The highest BCUT2D eigenvalue weighted by Crippen LogP contribution is 2.31. The molecule has 1 aliphatic carbocycles. The van der Waals surface area contributed by atoms with Crippen molar-refractivity contribution in [3.05, 3.63) is 35.4 Å². The maximum absolute atomic E-state index is 12.7. The molecule has 5 nitrogen and oxygen atoms in total. The van der Waals surface area contributed by atoms with Crippen molar-refractivity contribution in [2.24, 2.45) is 0 Å². The molecule has 1 aliphatic rings. The van der Waals surface area contributed by atoms with Crippen LogP contribution in [-0.2, 0) is 22.3 Å². The summed E-state index contributed by atoms with van der Waals surface area (Å²) in [5.41, 5.74) is -0.0975. The molecule has 0 bridgehead atoms. The highest BCUT2D eigenvalue weighted by Gasteiger charge is 2.34. The molecule has 0 heterocycles. The summed E-state index contributed by atoms with van der Waals surface area (Å²) < 4.78 is 38.0. The van der Waals surface area contributed by atoms with Crippen molar-refractivity contribution in [2.75, 3.05) is 19.6 Å². The summed E-state index contributed by atoms with van der Waals surface area (Å²) >= 11 is 0. The number of hydrogen-bond donors (Lipinski definition) is 1. The van der Waals surface area contributed by atoms with Gasteiger partial charge in [0.1, 0.15) is 0 Å². The van der Waals surface area contributed by atoms with Crippen LogP contribution in [0, 0.1) is 0 Å². The lowest BCUT2D eigenvalue weighted by Gasteiger charge is -2.27. The van der Waals surface area contributed by atoms with Crippen molar-refractivity contribution in [1.82, 2.24) is 9.80 Å². The molecule has 1 aromatic carbocycles. The molecule has 2 rings (SSSR count). The van der Waals surface area contributed by atoms with Gasteiger partial charge in [0.15, 0.2) is 0 Å². The number of hydrogen-bond acceptors (Lipinski definition) is 3. The third-order valence-electron chi connectivity index (χ3n) is 4.20. The molecule has 0 saturated heterocycles. The fourth-order valence-electron chi connectivity index (χ4n) is 2.81. The van der Waals surface area contributed by atoms with Gasteiger partial charge in [-0.3, -0.25) is 14.5 Å². The fraction of sp³-hybridized carbons (Fsp3) is 0.556. The van der Waals surface area contributed by atoms with Gasteiger partial charge in [-0.2, -0.15) is 13.2 Å². The molecule has 1 amide bonds. The van der Waals surface area contributed by atoms with Gasteiger partial charge in [-0.25, -0.2) is 0 Å². The summed E-state index contributed by atoms with van der Waals surface area (Å²) in [5, 5.41) is 8.95. The van der Waals surface area contributed by atoms with E-state index in [1.165, 1.54) is 12.1 Å². The van der Waals surface area contributed by atoms with Gasteiger partial charge < -0.3 is 10.0 Å². The Labute approximate surface area is 150 Å².